The van der Waals surface area contributed by atoms with E-state index >= 15 is 0 Å². The van der Waals surface area contributed by atoms with E-state index in [-0.39, 0.29) is 17.8 Å². The van der Waals surface area contributed by atoms with E-state index in [1.165, 1.54) is 0 Å². The van der Waals surface area contributed by atoms with Gasteiger partial charge in [-0.25, -0.2) is 15.0 Å². The van der Waals surface area contributed by atoms with Crippen molar-refractivity contribution in [3.8, 4) is 11.3 Å². The molecule has 1 saturated heterocycles. The predicted octanol–water partition coefficient (Wildman–Crippen LogP) is 6.82. The number of carbonyl (C=O) groups excluding carboxylic acids is 1. The summed E-state index contributed by atoms with van der Waals surface area (Å²) in [6.07, 6.45) is -0.0222. The summed E-state index contributed by atoms with van der Waals surface area (Å²) in [5, 5.41) is 7.41. The highest BCUT2D eigenvalue weighted by Gasteiger charge is 2.31. The van der Waals surface area contributed by atoms with Gasteiger partial charge in [0, 0.05) is 55.0 Å². The van der Waals surface area contributed by atoms with Crippen molar-refractivity contribution < 1.29 is 18.0 Å². The van der Waals surface area contributed by atoms with E-state index in [0.29, 0.717) is 30.3 Å². The topological polar surface area (TPSA) is 88.0 Å². The van der Waals surface area contributed by atoms with Gasteiger partial charge in [-0.3, -0.25) is 4.79 Å². The maximum atomic E-state index is 13.2. The number of fused-ring (bicyclic) bond motifs is 1. The highest BCUT2D eigenvalue weighted by Crippen LogP contribution is 2.31. The van der Waals surface area contributed by atoms with Crippen LogP contribution in [0.5, 0.6) is 0 Å². The molecule has 0 atom stereocenters. The Hall–Kier alpha value is -4.93. The molecule has 8 nitrogen and oxygen atoms in total. The summed E-state index contributed by atoms with van der Waals surface area (Å²) < 4.78 is 41.2. The van der Waals surface area contributed by atoms with Crippen molar-refractivity contribution in [2.75, 3.05) is 23.7 Å². The van der Waals surface area contributed by atoms with E-state index in [2.05, 4.69) is 25.6 Å². The van der Waals surface area contributed by atoms with Gasteiger partial charge in [0.2, 0.25) is 0 Å². The van der Waals surface area contributed by atoms with Gasteiger partial charge in [-0.2, -0.15) is 13.2 Å². The molecule has 220 valence electrons. The number of nitrogens with zero attached hydrogens (tertiary/aromatic N) is 5. The number of aryl methyl sites for hydroxylation is 2. The molecule has 0 radical (unpaired) electrons. The fourth-order valence-electron chi connectivity index (χ4n) is 5.41. The smallest absolute Gasteiger partial charge is 0.367 e. The normalized spacial score (nSPS) is 14.2. The number of benzene rings is 1. The first kappa shape index (κ1) is 28.2. The molecule has 5 aromatic rings. The van der Waals surface area contributed by atoms with Crippen LogP contribution in [0, 0.1) is 6.92 Å². The van der Waals surface area contributed by atoms with Crippen LogP contribution in [0.3, 0.4) is 0 Å². The number of piperidine rings is 1. The summed E-state index contributed by atoms with van der Waals surface area (Å²) in [7, 11) is 1.93. The summed E-state index contributed by atoms with van der Waals surface area (Å²) in [5.74, 6) is 1.21. The van der Waals surface area contributed by atoms with E-state index in [1.54, 1.807) is 12.3 Å². The quantitative estimate of drug-likeness (QED) is 0.228. The SMILES string of the molecule is Cc1cc(Nc2cc(C(F)(F)F)ccn2)nc(-c2ccc(NC3CCN(C(=O)c4cc5ccccc5n4C)CC3)nc2)c1. The third-order valence-corrected chi connectivity index (χ3v) is 7.68. The van der Waals surface area contributed by atoms with Crippen molar-refractivity contribution in [2.45, 2.75) is 32.0 Å². The minimum atomic E-state index is -4.46. The minimum absolute atomic E-state index is 0.0444. The average molecular weight is 586 g/mol. The number of pyridine rings is 3. The lowest BCUT2D eigenvalue weighted by Crippen LogP contribution is -2.43. The van der Waals surface area contributed by atoms with Crippen molar-refractivity contribution in [1.82, 2.24) is 24.4 Å². The number of alkyl halides is 3. The third kappa shape index (κ3) is 6.15. The molecule has 0 spiro atoms. The summed E-state index contributed by atoms with van der Waals surface area (Å²) in [4.78, 5) is 28.3. The summed E-state index contributed by atoms with van der Waals surface area (Å²) in [6, 6.07) is 19.4. The molecule has 0 aliphatic carbocycles. The van der Waals surface area contributed by atoms with E-state index in [1.807, 2.05) is 72.0 Å². The fourth-order valence-corrected chi connectivity index (χ4v) is 5.41. The zero-order valence-electron chi connectivity index (χ0n) is 23.7. The molecule has 6 rings (SSSR count). The first-order valence-electron chi connectivity index (χ1n) is 14.0. The Bertz CT molecular complexity index is 1770. The fraction of sp³-hybridized carbons (Fsp3) is 0.250. The maximum absolute atomic E-state index is 13.2. The molecular weight excluding hydrogens is 555 g/mol. The molecule has 1 amide bonds. The minimum Gasteiger partial charge on any atom is -0.367 e. The van der Waals surface area contributed by atoms with Gasteiger partial charge in [-0.15, -0.1) is 0 Å². The molecule has 1 fully saturated rings. The molecule has 1 aliphatic rings. The molecule has 0 saturated carbocycles. The van der Waals surface area contributed by atoms with Crippen LogP contribution in [-0.2, 0) is 13.2 Å². The number of halogens is 3. The summed E-state index contributed by atoms with van der Waals surface area (Å²) in [6.45, 7) is 3.19. The van der Waals surface area contributed by atoms with Crippen molar-refractivity contribution in [3.05, 3.63) is 95.9 Å². The molecule has 0 unspecified atom stereocenters. The van der Waals surface area contributed by atoms with Crippen molar-refractivity contribution in [3.63, 3.8) is 0 Å². The molecule has 1 aromatic carbocycles. The van der Waals surface area contributed by atoms with Crippen molar-refractivity contribution in [2.24, 2.45) is 7.05 Å². The monoisotopic (exact) mass is 585 g/mol. The lowest BCUT2D eigenvalue weighted by Gasteiger charge is -2.32. The standard InChI is InChI=1S/C32H30F3N7O/c1-20-15-25(39-30(16-20)40-29-18-23(9-12-36-29)32(33,34)35)22-7-8-28(37-19-22)38-24-10-13-42(14-11-24)31(43)27-17-21-5-3-4-6-26(21)41(27)2/h3-9,12,15-19,24H,10-11,13-14H2,1-2H3,(H,37,38)(H,36,39,40). The molecule has 5 heterocycles. The summed E-state index contributed by atoms with van der Waals surface area (Å²) >= 11 is 0. The predicted molar refractivity (Wildman–Crippen MR) is 160 cm³/mol. The van der Waals surface area contributed by atoms with Crippen molar-refractivity contribution in [1.29, 1.82) is 0 Å². The third-order valence-electron chi connectivity index (χ3n) is 7.68. The van der Waals surface area contributed by atoms with E-state index < -0.39 is 11.7 Å². The number of anilines is 3. The van der Waals surface area contributed by atoms with Crippen LogP contribution in [-0.4, -0.2) is 49.5 Å². The van der Waals surface area contributed by atoms with Gasteiger partial charge < -0.3 is 20.1 Å². The van der Waals surface area contributed by atoms with Gasteiger partial charge in [0.25, 0.3) is 5.91 Å². The van der Waals surface area contributed by atoms with Crippen LogP contribution in [0.2, 0.25) is 0 Å². The Labute approximate surface area is 246 Å². The number of aromatic nitrogens is 4. The van der Waals surface area contributed by atoms with E-state index in [4.69, 9.17) is 0 Å². The first-order chi connectivity index (χ1) is 20.6. The zero-order valence-corrected chi connectivity index (χ0v) is 23.7. The number of carbonyl (C=O) groups is 1. The second kappa shape index (κ2) is 11.4. The zero-order chi connectivity index (χ0) is 30.1. The number of hydrogen-bond donors (Lipinski definition) is 2. The number of amides is 1. The van der Waals surface area contributed by atoms with Crippen LogP contribution in [0.4, 0.5) is 30.6 Å². The number of rotatable bonds is 6. The second-order valence-electron chi connectivity index (χ2n) is 10.8. The number of likely N-dealkylation sites (tertiary alicyclic amines) is 1. The molecule has 2 N–H and O–H groups in total. The van der Waals surface area contributed by atoms with Crippen LogP contribution < -0.4 is 10.6 Å². The highest BCUT2D eigenvalue weighted by molar-refractivity contribution is 5.98. The van der Waals surface area contributed by atoms with Gasteiger partial charge in [0.05, 0.1) is 11.3 Å². The van der Waals surface area contributed by atoms with Gasteiger partial charge in [-0.1, -0.05) is 18.2 Å². The maximum Gasteiger partial charge on any atom is 0.416 e. The van der Waals surface area contributed by atoms with Crippen LogP contribution in [0.15, 0.2) is 79.1 Å². The molecule has 11 heteroatoms. The number of nitrogens with one attached hydrogen (secondary N) is 2. The Morgan fingerprint density at radius 3 is 2.44 bits per heavy atom. The lowest BCUT2D eigenvalue weighted by atomic mass is 10.0. The number of para-hydroxylation sites is 1. The Morgan fingerprint density at radius 1 is 0.930 bits per heavy atom. The highest BCUT2D eigenvalue weighted by atomic mass is 19.4. The molecule has 4 aromatic heterocycles. The molecule has 1 aliphatic heterocycles. The Balaban J connectivity index is 1.08. The lowest BCUT2D eigenvalue weighted by molar-refractivity contribution is -0.137. The molecule has 0 bridgehead atoms. The number of hydrogen-bond acceptors (Lipinski definition) is 6. The Kier molecular flexibility index (Phi) is 7.47. The first-order valence-corrected chi connectivity index (χ1v) is 14.0. The van der Waals surface area contributed by atoms with Gasteiger partial charge in [0.15, 0.2) is 0 Å². The largest absolute Gasteiger partial charge is 0.416 e. The van der Waals surface area contributed by atoms with E-state index in [9.17, 15) is 18.0 Å². The molecular formula is C32H30F3N7O. The van der Waals surface area contributed by atoms with Crippen molar-refractivity contribution >= 4 is 34.3 Å². The van der Waals surface area contributed by atoms with Gasteiger partial charge in [-0.05, 0) is 73.9 Å². The van der Waals surface area contributed by atoms with Gasteiger partial charge >= 0.3 is 6.18 Å². The summed E-state index contributed by atoms with van der Waals surface area (Å²) in [5.41, 5.74) is 3.23. The molecule has 43 heavy (non-hydrogen) atoms. The van der Waals surface area contributed by atoms with Gasteiger partial charge in [0.1, 0.15) is 23.1 Å². The second-order valence-corrected chi connectivity index (χ2v) is 10.8. The van der Waals surface area contributed by atoms with Crippen LogP contribution >= 0.6 is 0 Å². The van der Waals surface area contributed by atoms with Crippen LogP contribution in [0.25, 0.3) is 22.2 Å². The average Bonchev–Trinajstić information content (AvgIpc) is 3.33. The Morgan fingerprint density at radius 2 is 1.72 bits per heavy atom. The van der Waals surface area contributed by atoms with E-state index in [0.717, 1.165) is 59.0 Å². The van der Waals surface area contributed by atoms with Crippen LogP contribution in [0.1, 0.15) is 34.5 Å².